The quantitative estimate of drug-likeness (QED) is 0.183. The van der Waals surface area contributed by atoms with Crippen LogP contribution in [0.15, 0.2) is 84.9 Å². The molecule has 0 amide bonds. The maximum atomic E-state index is 9.86. The van der Waals surface area contributed by atoms with Gasteiger partial charge in [-0.1, -0.05) is 114 Å². The predicted molar refractivity (Wildman–Crippen MR) is 164 cm³/mol. The van der Waals surface area contributed by atoms with E-state index in [0.717, 1.165) is 24.0 Å². The van der Waals surface area contributed by atoms with Crippen molar-refractivity contribution < 1.29 is 10.2 Å². The van der Waals surface area contributed by atoms with Crippen molar-refractivity contribution in [1.82, 2.24) is 0 Å². The topological polar surface area (TPSA) is 40.5 Å². The fourth-order valence-corrected chi connectivity index (χ4v) is 6.53. The number of aromatic hydroxyl groups is 2. The Morgan fingerprint density at radius 2 is 0.846 bits per heavy atom. The smallest absolute Gasteiger partial charge is 0.115 e. The summed E-state index contributed by atoms with van der Waals surface area (Å²) in [4.78, 5) is 0. The van der Waals surface area contributed by atoms with E-state index in [1.807, 2.05) is 24.3 Å². The third-order valence-corrected chi connectivity index (χ3v) is 8.68. The summed E-state index contributed by atoms with van der Waals surface area (Å²) in [5, 5.41) is 19.7. The second-order valence-corrected chi connectivity index (χ2v) is 11.3. The lowest BCUT2D eigenvalue weighted by Crippen LogP contribution is -2.25. The Morgan fingerprint density at radius 1 is 0.462 bits per heavy atom. The molecule has 5 rings (SSSR count). The summed E-state index contributed by atoms with van der Waals surface area (Å²) in [6, 6.07) is 29.2. The van der Waals surface area contributed by atoms with Gasteiger partial charge < -0.3 is 10.2 Å². The minimum absolute atomic E-state index is 0.00793. The van der Waals surface area contributed by atoms with Crippen LogP contribution in [-0.4, -0.2) is 10.2 Å². The van der Waals surface area contributed by atoms with Gasteiger partial charge in [0.15, 0.2) is 0 Å². The van der Waals surface area contributed by atoms with E-state index in [1.165, 1.54) is 84.7 Å². The van der Waals surface area contributed by atoms with Crippen LogP contribution in [0.3, 0.4) is 0 Å². The molecule has 2 N–H and O–H groups in total. The van der Waals surface area contributed by atoms with Crippen molar-refractivity contribution in [2.75, 3.05) is 0 Å². The third kappa shape index (κ3) is 5.62. The molecular weight excluding hydrogens is 476 g/mol. The zero-order valence-electron chi connectivity index (χ0n) is 23.5. The van der Waals surface area contributed by atoms with Gasteiger partial charge in [-0.25, -0.2) is 0 Å². The lowest BCUT2D eigenvalue weighted by atomic mass is 9.70. The van der Waals surface area contributed by atoms with Gasteiger partial charge in [0.05, 0.1) is 0 Å². The van der Waals surface area contributed by atoms with E-state index < -0.39 is 0 Å². The van der Waals surface area contributed by atoms with Crippen LogP contribution in [-0.2, 0) is 5.41 Å². The van der Waals surface area contributed by atoms with Crippen molar-refractivity contribution in [3.63, 3.8) is 0 Å². The average Bonchev–Trinajstić information content (AvgIpc) is 3.23. The van der Waals surface area contributed by atoms with Crippen molar-refractivity contribution >= 4 is 0 Å². The Bertz CT molecular complexity index is 1270. The van der Waals surface area contributed by atoms with Gasteiger partial charge in [-0.05, 0) is 93.7 Å². The zero-order valence-corrected chi connectivity index (χ0v) is 23.5. The van der Waals surface area contributed by atoms with E-state index in [0.29, 0.717) is 11.5 Å². The first-order chi connectivity index (χ1) is 19.1. The molecule has 0 aromatic heterocycles. The molecule has 2 heteroatoms. The fourth-order valence-electron chi connectivity index (χ4n) is 6.53. The summed E-state index contributed by atoms with van der Waals surface area (Å²) in [7, 11) is 0. The van der Waals surface area contributed by atoms with Crippen LogP contribution in [0.1, 0.15) is 89.2 Å². The highest BCUT2D eigenvalue weighted by molar-refractivity contribution is 5.86. The van der Waals surface area contributed by atoms with Gasteiger partial charge in [0, 0.05) is 5.41 Å². The molecule has 0 aliphatic heterocycles. The van der Waals surface area contributed by atoms with Crippen LogP contribution in [0.4, 0.5) is 0 Å². The first kappa shape index (κ1) is 27.1. The van der Waals surface area contributed by atoms with Crippen molar-refractivity contribution in [2.45, 2.75) is 83.5 Å². The van der Waals surface area contributed by atoms with E-state index >= 15 is 0 Å². The van der Waals surface area contributed by atoms with Crippen LogP contribution in [0, 0.1) is 0 Å². The van der Waals surface area contributed by atoms with Gasteiger partial charge >= 0.3 is 0 Å². The molecule has 0 heterocycles. The normalized spacial score (nSPS) is 13.3. The molecule has 1 aliphatic carbocycles. The number of benzene rings is 4. The lowest BCUT2D eigenvalue weighted by molar-refractivity contribution is 0.401. The maximum absolute atomic E-state index is 9.86. The standard InChI is InChI=1S/C37H42O2/c1-3-5-7-9-23-37(24-10-8-6-4-2)35-25-29(27-11-17-31(38)18-12-27)15-21-33(35)34-22-16-30(26-36(34)37)28-13-19-32(39)20-14-28/h11-22,25-26,38-39H,3-10,23-24H2,1-2H3. The molecule has 0 radical (unpaired) electrons. The molecule has 0 saturated carbocycles. The highest BCUT2D eigenvalue weighted by Crippen LogP contribution is 2.55. The van der Waals surface area contributed by atoms with Gasteiger partial charge in [-0.15, -0.1) is 0 Å². The first-order valence-electron chi connectivity index (χ1n) is 14.9. The van der Waals surface area contributed by atoms with Crippen LogP contribution in [0.5, 0.6) is 11.5 Å². The van der Waals surface area contributed by atoms with Gasteiger partial charge in [-0.2, -0.15) is 0 Å². The Balaban J connectivity index is 1.64. The second-order valence-electron chi connectivity index (χ2n) is 11.3. The van der Waals surface area contributed by atoms with E-state index in [1.54, 1.807) is 24.3 Å². The van der Waals surface area contributed by atoms with Crippen molar-refractivity contribution in [2.24, 2.45) is 0 Å². The molecule has 1 aliphatic rings. The van der Waals surface area contributed by atoms with Gasteiger partial charge in [-0.3, -0.25) is 0 Å². The molecule has 0 fully saturated rings. The summed E-state index contributed by atoms with van der Waals surface area (Å²) in [6.07, 6.45) is 12.4. The molecule has 4 aromatic rings. The molecule has 0 spiro atoms. The Labute approximate surface area is 234 Å². The zero-order chi connectivity index (χ0) is 27.2. The average molecular weight is 519 g/mol. The van der Waals surface area contributed by atoms with Crippen LogP contribution < -0.4 is 0 Å². The SMILES string of the molecule is CCCCCCC1(CCCCCC)c2cc(-c3ccc(O)cc3)ccc2-c2ccc(-c3ccc(O)cc3)cc21. The largest absolute Gasteiger partial charge is 0.508 e. The predicted octanol–water partition coefficient (Wildman–Crippen LogP) is 10.6. The summed E-state index contributed by atoms with van der Waals surface area (Å²) < 4.78 is 0. The molecule has 0 atom stereocenters. The molecule has 4 aromatic carbocycles. The highest BCUT2D eigenvalue weighted by Gasteiger charge is 2.42. The second kappa shape index (κ2) is 12.1. The molecule has 0 unspecified atom stereocenters. The number of fused-ring (bicyclic) bond motifs is 3. The third-order valence-electron chi connectivity index (χ3n) is 8.68. The van der Waals surface area contributed by atoms with E-state index in [-0.39, 0.29) is 5.41 Å². The minimum Gasteiger partial charge on any atom is -0.508 e. The number of hydrogen-bond donors (Lipinski definition) is 2. The maximum Gasteiger partial charge on any atom is 0.115 e. The summed E-state index contributed by atoms with van der Waals surface area (Å²) in [6.45, 7) is 4.57. The van der Waals surface area contributed by atoms with Gasteiger partial charge in [0.25, 0.3) is 0 Å². The number of hydrogen-bond acceptors (Lipinski definition) is 2. The fraction of sp³-hybridized carbons (Fsp3) is 0.351. The number of phenolic OH excluding ortho intramolecular Hbond substituents is 2. The highest BCUT2D eigenvalue weighted by atomic mass is 16.3. The minimum atomic E-state index is -0.00793. The van der Waals surface area contributed by atoms with Gasteiger partial charge in [0.2, 0.25) is 0 Å². The molecule has 2 nitrogen and oxygen atoms in total. The summed E-state index contributed by atoms with van der Waals surface area (Å²) in [5.74, 6) is 0.602. The number of phenols is 2. The molecular formula is C37H42O2. The Morgan fingerprint density at radius 3 is 1.23 bits per heavy atom. The summed E-state index contributed by atoms with van der Waals surface area (Å²) in [5.41, 5.74) is 10.4. The van der Waals surface area contributed by atoms with Crippen LogP contribution in [0.2, 0.25) is 0 Å². The van der Waals surface area contributed by atoms with E-state index in [9.17, 15) is 10.2 Å². The van der Waals surface area contributed by atoms with Crippen molar-refractivity contribution in [1.29, 1.82) is 0 Å². The molecule has 0 bridgehead atoms. The molecule has 39 heavy (non-hydrogen) atoms. The van der Waals surface area contributed by atoms with Gasteiger partial charge in [0.1, 0.15) is 11.5 Å². The summed E-state index contributed by atoms with van der Waals surface area (Å²) >= 11 is 0. The lowest BCUT2D eigenvalue weighted by Gasteiger charge is -2.33. The Hall–Kier alpha value is -3.52. The van der Waals surface area contributed by atoms with E-state index in [2.05, 4.69) is 50.2 Å². The van der Waals surface area contributed by atoms with Crippen LogP contribution in [0.25, 0.3) is 33.4 Å². The van der Waals surface area contributed by atoms with Crippen LogP contribution >= 0.6 is 0 Å². The molecule has 0 saturated heterocycles. The van der Waals surface area contributed by atoms with E-state index in [4.69, 9.17) is 0 Å². The molecule has 202 valence electrons. The number of unbranched alkanes of at least 4 members (excludes halogenated alkanes) is 6. The number of rotatable bonds is 12. The Kier molecular flexibility index (Phi) is 8.41. The monoisotopic (exact) mass is 518 g/mol. The first-order valence-corrected chi connectivity index (χ1v) is 14.9. The van der Waals surface area contributed by atoms with Crippen molar-refractivity contribution in [3.05, 3.63) is 96.1 Å². The van der Waals surface area contributed by atoms with Crippen molar-refractivity contribution in [3.8, 4) is 44.9 Å².